The number of nitrogens with one attached hydrogen (secondary N) is 13. The third-order valence-electron chi connectivity index (χ3n) is 15.9. The zero-order valence-electron chi connectivity index (χ0n) is 53.2. The minimum atomic E-state index is -1.81. The van der Waals surface area contributed by atoms with Gasteiger partial charge in [-0.2, -0.15) is 0 Å². The fourth-order valence-electron chi connectivity index (χ4n) is 9.23. The van der Waals surface area contributed by atoms with Gasteiger partial charge < -0.3 is 84.3 Å². The summed E-state index contributed by atoms with van der Waals surface area (Å²) in [6, 6.07) is -5.17. The predicted octanol–water partition coefficient (Wildman–Crippen LogP) is -3.14. The number of ether oxygens (including phenoxy) is 1. The van der Waals surface area contributed by atoms with Crippen molar-refractivity contribution in [3.8, 4) is 0 Å². The number of guanidine groups is 1. The summed E-state index contributed by atoms with van der Waals surface area (Å²) >= 11 is 0. The first-order valence-corrected chi connectivity index (χ1v) is 30.4. The van der Waals surface area contributed by atoms with Crippen LogP contribution in [0.4, 0.5) is 0 Å². The van der Waals surface area contributed by atoms with E-state index in [-0.39, 0.29) is 37.6 Å². The van der Waals surface area contributed by atoms with Crippen LogP contribution >= 0.6 is 0 Å². The SMILES string of the molecule is C=NC(=O)[C@H](C[C@H]1CNC(=N)N1)NC(O)[C@H](C)NC(=O)[C@H](NC(=O)[C@H](CO)NC(=O)[C@@H](NC(=O)[C@H](NC(=O)[C@@H](CCC(N)=O)NC(=O)[C@H](CO)NC(=O)[C@@H](NC(=O)[C@@H](Cc1ccccc1)NC)[C@@H](C)CC)[C@@H](C)CC)[C@@H](C)CC)[C@H](C)OC(=O)C[C@@H](C)CC. The molecular weight excluding hydrogens is 1160 g/mol. The van der Waals surface area contributed by atoms with E-state index in [1.165, 1.54) is 13.8 Å². The smallest absolute Gasteiger partial charge is 0.306 e. The van der Waals surface area contributed by atoms with E-state index < -0.39 is 188 Å². The number of hydrogen-bond donors (Lipinski definition) is 17. The van der Waals surface area contributed by atoms with Crippen molar-refractivity contribution in [3.63, 3.8) is 0 Å². The van der Waals surface area contributed by atoms with Crippen LogP contribution in [0.25, 0.3) is 0 Å². The lowest BCUT2D eigenvalue weighted by molar-refractivity contribution is -0.153. The molecule has 0 bridgehead atoms. The monoisotopic (exact) mass is 1260 g/mol. The average Bonchev–Trinajstić information content (AvgIpc) is 3.36. The van der Waals surface area contributed by atoms with Crippen molar-refractivity contribution in [1.82, 2.24) is 63.8 Å². The van der Waals surface area contributed by atoms with E-state index in [9.17, 15) is 68.1 Å². The van der Waals surface area contributed by atoms with Crippen LogP contribution in [-0.2, 0) is 63.9 Å². The lowest BCUT2D eigenvalue weighted by Gasteiger charge is -2.32. The molecule has 10 amide bonds. The Morgan fingerprint density at radius 1 is 0.640 bits per heavy atom. The van der Waals surface area contributed by atoms with Crippen LogP contribution in [0.1, 0.15) is 126 Å². The fourth-order valence-corrected chi connectivity index (χ4v) is 9.23. The molecule has 1 fully saturated rings. The first kappa shape index (κ1) is 77.4. The van der Waals surface area contributed by atoms with Gasteiger partial charge in [-0.3, -0.25) is 63.5 Å². The number of likely N-dealkylation sites (N-methyl/N-ethyl adjacent to an activating group) is 1. The highest BCUT2D eigenvalue weighted by atomic mass is 16.5. The highest BCUT2D eigenvalue weighted by molar-refractivity contribution is 5.98. The van der Waals surface area contributed by atoms with Crippen molar-refractivity contribution in [2.24, 2.45) is 34.4 Å². The van der Waals surface area contributed by atoms with E-state index in [0.717, 1.165) is 5.56 Å². The third-order valence-corrected chi connectivity index (χ3v) is 15.9. The number of carbonyl (C=O) groups excluding carboxylic acids is 11. The molecule has 1 unspecified atom stereocenters. The summed E-state index contributed by atoms with van der Waals surface area (Å²) in [4.78, 5) is 154. The van der Waals surface area contributed by atoms with Gasteiger partial charge in [-0.05, 0) is 76.1 Å². The zero-order chi connectivity index (χ0) is 67.2. The number of primary amides is 1. The molecule has 1 heterocycles. The Labute approximate surface area is 521 Å². The Bertz CT molecular complexity index is 2550. The Balaban J connectivity index is 2.38. The van der Waals surface area contributed by atoms with Gasteiger partial charge in [0.15, 0.2) is 5.96 Å². The van der Waals surface area contributed by atoms with E-state index in [4.69, 9.17) is 15.9 Å². The third kappa shape index (κ3) is 25.8. The van der Waals surface area contributed by atoms with Crippen LogP contribution in [0, 0.1) is 29.1 Å². The molecule has 1 aromatic rings. The van der Waals surface area contributed by atoms with Crippen molar-refractivity contribution in [2.75, 3.05) is 26.8 Å². The second-order valence-corrected chi connectivity index (χ2v) is 22.9. The molecule has 0 aromatic heterocycles. The van der Waals surface area contributed by atoms with E-state index in [1.54, 1.807) is 55.5 Å². The number of aliphatic imine (C=N–C) groups is 1. The van der Waals surface area contributed by atoms with Crippen molar-refractivity contribution >= 4 is 77.7 Å². The van der Waals surface area contributed by atoms with Crippen LogP contribution in [0.3, 0.4) is 0 Å². The van der Waals surface area contributed by atoms with E-state index in [1.807, 2.05) is 37.3 Å². The highest BCUT2D eigenvalue weighted by Gasteiger charge is 2.40. The minimum Gasteiger partial charge on any atom is -0.460 e. The number of rotatable bonds is 41. The number of aliphatic hydroxyl groups excluding tert-OH is 3. The Morgan fingerprint density at radius 2 is 1.09 bits per heavy atom. The number of nitrogens with zero attached hydrogens (tertiary/aromatic N) is 1. The molecular formula is C59H99N15O15. The lowest BCUT2D eigenvalue weighted by atomic mass is 9.94. The number of amides is 10. The number of hydrogen-bond acceptors (Lipinski definition) is 18. The Morgan fingerprint density at radius 3 is 1.54 bits per heavy atom. The molecule has 0 aliphatic carbocycles. The van der Waals surface area contributed by atoms with E-state index in [2.05, 4.69) is 75.5 Å². The summed E-state index contributed by atoms with van der Waals surface area (Å²) in [6.07, 6.45) is -2.01. The number of esters is 1. The Hall–Kier alpha value is -7.67. The molecule has 500 valence electrons. The molecule has 17 atom stereocenters. The molecule has 89 heavy (non-hydrogen) atoms. The number of aliphatic hydroxyl groups is 3. The molecule has 1 aliphatic heterocycles. The standard InChI is InChI=1S/C59H99N15O15/c1-13-30(5)24-44(78)89-35(10)48(58(88)65-34(9)49(79)68-40(50(80)63-12)26-37-27-64-59(61)66-37)74-54(84)42(29-76)70-56(86)46(32(7)15-3)73-57(87)47(33(8)16-4)71-51(81)38(22-23-43(60)77)67-53(83)41(28-75)69-55(85)45(31(6)14-2)72-52(82)39(62-11)25-36-20-18-17-19-21-36/h17-21,30-35,37-42,45-49,62,68,75-76,79H,12-16,22-29H2,1-11H3,(H2,60,77)(H,65,88)(H,67,83)(H,69,85)(H,70,86)(H,71,81)(H,72,82)(H,73,87)(H,74,84)(H3,61,64,66)/t30-,31-,32-,33-,34-,35-,37-,38+,39+,40-,41-,42-,45-,46-,47+,48+,49?/m0/s1. The van der Waals surface area contributed by atoms with Crippen LogP contribution < -0.4 is 69.5 Å². The maximum absolute atomic E-state index is 14.4. The normalized spacial score (nSPS) is 18.3. The van der Waals surface area contributed by atoms with Crippen LogP contribution in [0.15, 0.2) is 35.3 Å². The van der Waals surface area contributed by atoms with Crippen LogP contribution in [0.2, 0.25) is 0 Å². The van der Waals surface area contributed by atoms with Crippen LogP contribution in [-0.4, -0.2) is 199 Å². The molecule has 1 aliphatic rings. The van der Waals surface area contributed by atoms with Crippen molar-refractivity contribution < 1.29 is 72.8 Å². The van der Waals surface area contributed by atoms with Gasteiger partial charge in [-0.1, -0.05) is 111 Å². The molecule has 1 aromatic carbocycles. The number of benzene rings is 1. The highest BCUT2D eigenvalue weighted by Crippen LogP contribution is 2.17. The minimum absolute atomic E-state index is 0.0360. The van der Waals surface area contributed by atoms with Gasteiger partial charge in [0.1, 0.15) is 54.6 Å². The second kappa shape index (κ2) is 39.4. The largest absolute Gasteiger partial charge is 0.460 e. The number of carbonyl (C=O) groups is 11. The quantitative estimate of drug-likeness (QED) is 0.0175. The van der Waals surface area contributed by atoms with Crippen molar-refractivity contribution in [3.05, 3.63) is 35.9 Å². The molecule has 0 saturated carbocycles. The number of nitrogens with two attached hydrogens (primary N) is 1. The van der Waals surface area contributed by atoms with Crippen molar-refractivity contribution in [1.29, 1.82) is 5.41 Å². The second-order valence-electron chi connectivity index (χ2n) is 22.9. The molecule has 2 rings (SSSR count). The summed E-state index contributed by atoms with van der Waals surface area (Å²) in [5.41, 5.74) is 6.31. The summed E-state index contributed by atoms with van der Waals surface area (Å²) in [5.74, 6) is -11.6. The van der Waals surface area contributed by atoms with Crippen molar-refractivity contribution in [2.45, 2.75) is 206 Å². The molecule has 0 spiro atoms. The average molecular weight is 1260 g/mol. The summed E-state index contributed by atoms with van der Waals surface area (Å²) < 4.78 is 5.59. The van der Waals surface area contributed by atoms with E-state index in [0.29, 0.717) is 25.8 Å². The molecule has 1 saturated heterocycles. The maximum atomic E-state index is 14.4. The molecule has 30 heteroatoms. The topological polar surface area (TPSA) is 464 Å². The van der Waals surface area contributed by atoms with Gasteiger partial charge in [0.05, 0.1) is 31.3 Å². The Kier molecular flexibility index (Phi) is 34.2. The fraction of sp³-hybridized carbons (Fsp3) is 0.678. The van der Waals surface area contributed by atoms with Gasteiger partial charge in [0, 0.05) is 25.4 Å². The predicted molar refractivity (Wildman–Crippen MR) is 329 cm³/mol. The van der Waals surface area contributed by atoms with Gasteiger partial charge in [-0.15, -0.1) is 0 Å². The molecule has 0 radical (unpaired) electrons. The van der Waals surface area contributed by atoms with Crippen LogP contribution in [0.5, 0.6) is 0 Å². The zero-order valence-corrected chi connectivity index (χ0v) is 53.2. The molecule has 18 N–H and O–H groups in total. The van der Waals surface area contributed by atoms with Gasteiger partial charge >= 0.3 is 5.97 Å². The lowest BCUT2D eigenvalue weighted by Crippen LogP contribution is -2.63. The summed E-state index contributed by atoms with van der Waals surface area (Å²) in [7, 11) is 1.60. The van der Waals surface area contributed by atoms with Gasteiger partial charge in [-0.25, -0.2) is 4.99 Å². The first-order valence-electron chi connectivity index (χ1n) is 30.4. The maximum Gasteiger partial charge on any atom is 0.306 e. The summed E-state index contributed by atoms with van der Waals surface area (Å²) in [6.45, 7) is 18.0. The summed E-state index contributed by atoms with van der Waals surface area (Å²) in [5, 5.41) is 71.5. The van der Waals surface area contributed by atoms with E-state index >= 15 is 0 Å². The molecule has 30 nitrogen and oxygen atoms in total. The van der Waals surface area contributed by atoms with Gasteiger partial charge in [0.2, 0.25) is 53.2 Å². The first-order chi connectivity index (χ1) is 42.0. The van der Waals surface area contributed by atoms with Gasteiger partial charge in [0.25, 0.3) is 5.91 Å².